The molecule has 1 saturated carbocycles. The van der Waals surface area contributed by atoms with Crippen molar-refractivity contribution in [1.29, 1.82) is 0 Å². The zero-order valence-corrected chi connectivity index (χ0v) is 11.9. The van der Waals surface area contributed by atoms with Crippen molar-refractivity contribution >= 4 is 38.3 Å². The van der Waals surface area contributed by atoms with E-state index in [1.54, 1.807) is 11.3 Å². The van der Waals surface area contributed by atoms with E-state index in [1.807, 2.05) is 18.2 Å². The molecule has 0 amide bonds. The van der Waals surface area contributed by atoms with E-state index < -0.39 is 0 Å². The number of nitrogens with zero attached hydrogens (tertiary/aromatic N) is 1. The van der Waals surface area contributed by atoms with Gasteiger partial charge in [-0.2, -0.15) is 0 Å². The summed E-state index contributed by atoms with van der Waals surface area (Å²) in [4.78, 5) is 4.58. The summed E-state index contributed by atoms with van der Waals surface area (Å²) in [5, 5.41) is 5.27. The summed E-state index contributed by atoms with van der Waals surface area (Å²) in [6, 6.07) is 5.90. The van der Waals surface area contributed by atoms with Crippen LogP contribution in [-0.2, 0) is 0 Å². The number of anilines is 1. The van der Waals surface area contributed by atoms with E-state index >= 15 is 0 Å². The third-order valence-corrected chi connectivity index (χ3v) is 4.85. The molecule has 1 aromatic heterocycles. The molecule has 0 unspecified atom stereocenters. The third kappa shape index (κ3) is 2.78. The number of halogens is 1. The first-order chi connectivity index (χ1) is 8.81. The molecular formula is C14H17ClN2S. The maximum atomic E-state index is 5.97. The number of hydrogen-bond acceptors (Lipinski definition) is 3. The van der Waals surface area contributed by atoms with E-state index in [0.717, 1.165) is 28.1 Å². The van der Waals surface area contributed by atoms with Gasteiger partial charge in [0.15, 0.2) is 5.13 Å². The SMILES string of the molecule is Clc1ccc2sc(NCC3CCCCC3)nc2c1. The smallest absolute Gasteiger partial charge is 0.183 e. The van der Waals surface area contributed by atoms with Crippen LogP contribution in [0.15, 0.2) is 18.2 Å². The molecule has 0 aliphatic heterocycles. The first-order valence-electron chi connectivity index (χ1n) is 6.61. The Balaban J connectivity index is 1.67. The maximum absolute atomic E-state index is 5.97. The highest BCUT2D eigenvalue weighted by atomic mass is 35.5. The van der Waals surface area contributed by atoms with Crippen LogP contribution in [0.3, 0.4) is 0 Å². The molecule has 1 fully saturated rings. The Bertz CT molecular complexity index is 532. The zero-order valence-electron chi connectivity index (χ0n) is 10.3. The molecule has 1 aromatic carbocycles. The van der Waals surface area contributed by atoms with Crippen molar-refractivity contribution in [1.82, 2.24) is 4.98 Å². The van der Waals surface area contributed by atoms with Crippen molar-refractivity contribution in [3.05, 3.63) is 23.2 Å². The molecule has 96 valence electrons. The van der Waals surface area contributed by atoms with E-state index in [4.69, 9.17) is 11.6 Å². The van der Waals surface area contributed by atoms with Crippen molar-refractivity contribution in [2.75, 3.05) is 11.9 Å². The van der Waals surface area contributed by atoms with Crippen LogP contribution in [0.5, 0.6) is 0 Å². The van der Waals surface area contributed by atoms with Gasteiger partial charge in [-0.3, -0.25) is 0 Å². The summed E-state index contributed by atoms with van der Waals surface area (Å²) in [5.74, 6) is 0.828. The Morgan fingerprint density at radius 1 is 1.28 bits per heavy atom. The largest absolute Gasteiger partial charge is 0.361 e. The van der Waals surface area contributed by atoms with Gasteiger partial charge in [0.1, 0.15) is 0 Å². The van der Waals surface area contributed by atoms with Crippen molar-refractivity contribution in [3.8, 4) is 0 Å². The number of rotatable bonds is 3. The molecule has 0 radical (unpaired) electrons. The summed E-state index contributed by atoms with van der Waals surface area (Å²) in [6.45, 7) is 1.06. The van der Waals surface area contributed by atoms with Gasteiger partial charge in [0.2, 0.25) is 0 Å². The predicted octanol–water partition coefficient (Wildman–Crippen LogP) is 4.94. The molecule has 1 aliphatic carbocycles. The van der Waals surface area contributed by atoms with Crippen LogP contribution in [0.25, 0.3) is 10.2 Å². The van der Waals surface area contributed by atoms with Gasteiger partial charge in [0.25, 0.3) is 0 Å². The van der Waals surface area contributed by atoms with E-state index in [0.29, 0.717) is 0 Å². The summed E-state index contributed by atoms with van der Waals surface area (Å²) >= 11 is 7.68. The molecule has 1 heterocycles. The molecule has 1 N–H and O–H groups in total. The fraction of sp³-hybridized carbons (Fsp3) is 0.500. The highest BCUT2D eigenvalue weighted by molar-refractivity contribution is 7.22. The van der Waals surface area contributed by atoms with Crippen LogP contribution >= 0.6 is 22.9 Å². The fourth-order valence-electron chi connectivity index (χ4n) is 2.60. The van der Waals surface area contributed by atoms with Gasteiger partial charge in [-0.1, -0.05) is 42.2 Å². The topological polar surface area (TPSA) is 24.9 Å². The lowest BCUT2D eigenvalue weighted by Crippen LogP contribution is -2.16. The second-order valence-electron chi connectivity index (χ2n) is 5.02. The normalized spacial score (nSPS) is 17.2. The quantitative estimate of drug-likeness (QED) is 0.861. The first-order valence-corrected chi connectivity index (χ1v) is 7.81. The number of thiazole rings is 1. The average molecular weight is 281 g/mol. The Hall–Kier alpha value is -0.800. The number of aromatic nitrogens is 1. The second-order valence-corrected chi connectivity index (χ2v) is 6.48. The lowest BCUT2D eigenvalue weighted by atomic mass is 9.89. The van der Waals surface area contributed by atoms with Crippen molar-refractivity contribution < 1.29 is 0 Å². The standard InChI is InChI=1S/C14H17ClN2S/c15-11-6-7-13-12(8-11)17-14(18-13)16-9-10-4-2-1-3-5-10/h6-8,10H,1-5,9H2,(H,16,17). The Labute approximate surface area is 116 Å². The van der Waals surface area contributed by atoms with Gasteiger partial charge in [-0.25, -0.2) is 4.98 Å². The Morgan fingerprint density at radius 2 is 2.11 bits per heavy atom. The molecule has 3 rings (SSSR count). The van der Waals surface area contributed by atoms with Gasteiger partial charge >= 0.3 is 0 Å². The molecule has 2 nitrogen and oxygen atoms in total. The monoisotopic (exact) mass is 280 g/mol. The molecule has 2 aromatic rings. The second kappa shape index (κ2) is 5.45. The highest BCUT2D eigenvalue weighted by Gasteiger charge is 2.13. The highest BCUT2D eigenvalue weighted by Crippen LogP contribution is 2.29. The Kier molecular flexibility index (Phi) is 3.71. The van der Waals surface area contributed by atoms with E-state index in [2.05, 4.69) is 10.3 Å². The van der Waals surface area contributed by atoms with Crippen LogP contribution in [0.2, 0.25) is 5.02 Å². The third-order valence-electron chi connectivity index (χ3n) is 3.62. The first kappa shape index (κ1) is 12.2. The lowest BCUT2D eigenvalue weighted by molar-refractivity contribution is 0.373. The minimum absolute atomic E-state index is 0.756. The molecule has 4 heteroatoms. The van der Waals surface area contributed by atoms with Gasteiger partial charge in [0.05, 0.1) is 10.2 Å². The van der Waals surface area contributed by atoms with Gasteiger partial charge < -0.3 is 5.32 Å². The van der Waals surface area contributed by atoms with Crippen LogP contribution < -0.4 is 5.32 Å². The number of nitrogens with one attached hydrogen (secondary N) is 1. The van der Waals surface area contributed by atoms with Crippen LogP contribution in [0.1, 0.15) is 32.1 Å². The van der Waals surface area contributed by atoms with Gasteiger partial charge in [-0.15, -0.1) is 0 Å². The number of fused-ring (bicyclic) bond motifs is 1. The summed E-state index contributed by atoms with van der Waals surface area (Å²) < 4.78 is 1.20. The Morgan fingerprint density at radius 3 is 2.94 bits per heavy atom. The number of benzene rings is 1. The maximum Gasteiger partial charge on any atom is 0.183 e. The molecule has 1 aliphatic rings. The molecule has 18 heavy (non-hydrogen) atoms. The van der Waals surface area contributed by atoms with Gasteiger partial charge in [0, 0.05) is 11.6 Å². The minimum atomic E-state index is 0.756. The van der Waals surface area contributed by atoms with Crippen LogP contribution in [0, 0.1) is 5.92 Å². The zero-order chi connectivity index (χ0) is 12.4. The van der Waals surface area contributed by atoms with Crippen molar-refractivity contribution in [2.24, 2.45) is 5.92 Å². The molecule has 0 bridgehead atoms. The van der Waals surface area contributed by atoms with E-state index in [9.17, 15) is 0 Å². The van der Waals surface area contributed by atoms with Crippen LogP contribution in [-0.4, -0.2) is 11.5 Å². The van der Waals surface area contributed by atoms with E-state index in [1.165, 1.54) is 36.8 Å². The predicted molar refractivity (Wildman–Crippen MR) is 79.7 cm³/mol. The molecule has 0 spiro atoms. The van der Waals surface area contributed by atoms with Gasteiger partial charge in [-0.05, 0) is 37.0 Å². The number of hydrogen-bond donors (Lipinski definition) is 1. The van der Waals surface area contributed by atoms with E-state index in [-0.39, 0.29) is 0 Å². The summed E-state index contributed by atoms with van der Waals surface area (Å²) in [5.41, 5.74) is 0.999. The molecule has 0 atom stereocenters. The minimum Gasteiger partial charge on any atom is -0.361 e. The lowest BCUT2D eigenvalue weighted by Gasteiger charge is -2.21. The van der Waals surface area contributed by atoms with Crippen LogP contribution in [0.4, 0.5) is 5.13 Å². The summed E-state index contributed by atoms with van der Waals surface area (Å²) in [6.07, 6.45) is 6.92. The van der Waals surface area contributed by atoms with Crippen molar-refractivity contribution in [3.63, 3.8) is 0 Å². The van der Waals surface area contributed by atoms with Crippen molar-refractivity contribution in [2.45, 2.75) is 32.1 Å². The average Bonchev–Trinajstić information content (AvgIpc) is 2.79. The molecular weight excluding hydrogens is 264 g/mol. The fourth-order valence-corrected chi connectivity index (χ4v) is 3.62. The molecule has 0 saturated heterocycles. The summed E-state index contributed by atoms with van der Waals surface area (Å²) in [7, 11) is 0.